The molecule has 240 valence electrons. The van der Waals surface area contributed by atoms with E-state index < -0.39 is 5.91 Å². The summed E-state index contributed by atoms with van der Waals surface area (Å²) >= 11 is 0. The third-order valence-corrected chi connectivity index (χ3v) is 7.85. The maximum atomic E-state index is 13.4. The van der Waals surface area contributed by atoms with Gasteiger partial charge in [0.25, 0.3) is 17.4 Å². The van der Waals surface area contributed by atoms with Crippen LogP contribution in [0.3, 0.4) is 0 Å². The molecule has 3 N–H and O–H groups in total. The molecule has 0 atom stereocenters. The summed E-state index contributed by atoms with van der Waals surface area (Å²) in [5.74, 6) is -0.638. The summed E-state index contributed by atoms with van der Waals surface area (Å²) in [5.41, 5.74) is 7.19. The predicted molar refractivity (Wildman–Crippen MR) is 191 cm³/mol. The van der Waals surface area contributed by atoms with Crippen LogP contribution in [0.4, 0.5) is 11.4 Å². The molecule has 6 rings (SSSR count). The van der Waals surface area contributed by atoms with Crippen LogP contribution in [0.15, 0.2) is 127 Å². The first-order valence-corrected chi connectivity index (χ1v) is 15.6. The van der Waals surface area contributed by atoms with Gasteiger partial charge in [-0.3, -0.25) is 19.4 Å². The number of aromatic nitrogens is 2. The highest BCUT2D eigenvalue weighted by atomic mass is 16.2. The molecule has 2 amide bonds. The van der Waals surface area contributed by atoms with E-state index >= 15 is 0 Å². The van der Waals surface area contributed by atoms with Crippen LogP contribution in [0.2, 0.25) is 0 Å². The summed E-state index contributed by atoms with van der Waals surface area (Å²) in [4.78, 5) is 45.4. The van der Waals surface area contributed by atoms with E-state index in [4.69, 9.17) is 0 Å². The van der Waals surface area contributed by atoms with Gasteiger partial charge in [-0.2, -0.15) is 0 Å². The van der Waals surface area contributed by atoms with Gasteiger partial charge in [0.1, 0.15) is 5.56 Å². The Morgan fingerprint density at radius 2 is 1.73 bits per heavy atom. The summed E-state index contributed by atoms with van der Waals surface area (Å²) in [5, 5.41) is 9.34. The summed E-state index contributed by atoms with van der Waals surface area (Å²) in [6.45, 7) is 1.39. The molecule has 0 aliphatic carbocycles. The lowest BCUT2D eigenvalue weighted by Gasteiger charge is -2.16. The summed E-state index contributed by atoms with van der Waals surface area (Å²) in [6, 6.07) is 30.7. The van der Waals surface area contributed by atoms with Gasteiger partial charge in [-0.15, -0.1) is 0 Å². The van der Waals surface area contributed by atoms with Gasteiger partial charge >= 0.3 is 0 Å². The molecule has 0 bridgehead atoms. The molecule has 0 saturated carbocycles. The van der Waals surface area contributed by atoms with Crippen LogP contribution in [0, 0.1) is 0 Å². The zero-order valence-electron chi connectivity index (χ0n) is 26.8. The summed E-state index contributed by atoms with van der Waals surface area (Å²) < 4.78 is 1.49. The minimum atomic E-state index is -0.450. The Morgan fingerprint density at radius 3 is 2.48 bits per heavy atom. The largest absolute Gasteiger partial charge is 0.354 e. The first kappa shape index (κ1) is 31.9. The van der Waals surface area contributed by atoms with Gasteiger partial charge in [0, 0.05) is 48.6 Å². The third-order valence-electron chi connectivity index (χ3n) is 7.85. The van der Waals surface area contributed by atoms with E-state index in [-0.39, 0.29) is 23.6 Å². The molecule has 0 fully saturated rings. The Morgan fingerprint density at radius 1 is 0.917 bits per heavy atom. The first-order chi connectivity index (χ1) is 23.4. The normalized spacial score (nSPS) is 13.4. The van der Waals surface area contributed by atoms with Crippen LogP contribution in [-0.2, 0) is 17.9 Å². The second-order valence-corrected chi connectivity index (χ2v) is 11.8. The van der Waals surface area contributed by atoms with E-state index in [1.165, 1.54) is 16.2 Å². The van der Waals surface area contributed by atoms with Gasteiger partial charge in [-0.1, -0.05) is 72.8 Å². The van der Waals surface area contributed by atoms with Crippen LogP contribution >= 0.6 is 0 Å². The number of fused-ring (bicyclic) bond motifs is 1. The van der Waals surface area contributed by atoms with Gasteiger partial charge < -0.3 is 25.4 Å². The van der Waals surface area contributed by atoms with E-state index in [2.05, 4.69) is 38.0 Å². The molecule has 9 heteroatoms. The molecule has 3 aromatic carbocycles. The lowest BCUT2D eigenvalue weighted by atomic mass is 9.99. The van der Waals surface area contributed by atoms with Crippen LogP contribution in [0.5, 0.6) is 0 Å². The molecule has 9 nitrogen and oxygen atoms in total. The standard InChI is InChI=1S/C39H36N6O3/c1-44(2)25-28-14-17-31(18-15-28)42-36(30-11-4-3-5-12-30)35-32-19-16-27(23-34(32)43-38(35)47)9-7-21-41-37(46)33-13-8-22-45(39(33)48)26-29-10-6-20-40-24-29/h3-20,22-24,42H,21,25-26H2,1-2H3,(H,41,46)(H,43,47). The number of rotatable bonds is 11. The van der Waals surface area contributed by atoms with Crippen molar-refractivity contribution in [3.63, 3.8) is 0 Å². The molecule has 0 saturated heterocycles. The lowest BCUT2D eigenvalue weighted by molar-refractivity contribution is -0.110. The smallest absolute Gasteiger partial charge is 0.263 e. The van der Waals surface area contributed by atoms with E-state index in [0.717, 1.165) is 40.2 Å². The van der Waals surface area contributed by atoms with Crippen molar-refractivity contribution in [3.05, 3.63) is 165 Å². The number of amides is 2. The molecule has 0 spiro atoms. The molecule has 0 unspecified atom stereocenters. The SMILES string of the molecule is CN(C)Cc1ccc(NC(=C2C(=O)Nc3cc(C=CCNC(=O)c4cccn(Cc5cccnc5)c4=O)ccc32)c2ccccc2)cc1. The fourth-order valence-corrected chi connectivity index (χ4v) is 5.59. The maximum Gasteiger partial charge on any atom is 0.263 e. The third kappa shape index (κ3) is 7.49. The van der Waals surface area contributed by atoms with Crippen LogP contribution in [-0.4, -0.2) is 46.9 Å². The number of anilines is 2. The van der Waals surface area contributed by atoms with Gasteiger partial charge in [-0.25, -0.2) is 0 Å². The average molecular weight is 637 g/mol. The number of hydrogen-bond donors (Lipinski definition) is 3. The van der Waals surface area contributed by atoms with Crippen molar-refractivity contribution in [2.24, 2.45) is 0 Å². The highest BCUT2D eigenvalue weighted by Crippen LogP contribution is 2.38. The monoisotopic (exact) mass is 636 g/mol. The van der Waals surface area contributed by atoms with Crippen molar-refractivity contribution >= 4 is 40.5 Å². The quantitative estimate of drug-likeness (QED) is 0.160. The van der Waals surface area contributed by atoms with Crippen molar-refractivity contribution in [1.82, 2.24) is 19.8 Å². The van der Waals surface area contributed by atoms with E-state index in [9.17, 15) is 14.4 Å². The Hall–Kier alpha value is -6.06. The molecule has 1 aliphatic rings. The fraction of sp³-hybridized carbons (Fsp3) is 0.128. The van der Waals surface area contributed by atoms with Crippen molar-refractivity contribution in [2.75, 3.05) is 31.3 Å². The second-order valence-electron chi connectivity index (χ2n) is 11.8. The zero-order valence-corrected chi connectivity index (χ0v) is 26.8. The molecule has 5 aromatic rings. The highest BCUT2D eigenvalue weighted by molar-refractivity contribution is 6.37. The van der Waals surface area contributed by atoms with E-state index in [0.29, 0.717) is 17.8 Å². The molecule has 3 heterocycles. The lowest BCUT2D eigenvalue weighted by Crippen LogP contribution is -2.33. The van der Waals surface area contributed by atoms with Gasteiger partial charge in [0.15, 0.2) is 0 Å². The minimum absolute atomic E-state index is 0.0710. The Balaban J connectivity index is 1.17. The van der Waals surface area contributed by atoms with Gasteiger partial charge in [0.05, 0.1) is 17.8 Å². The Bertz CT molecular complexity index is 2050. The molecule has 2 aromatic heterocycles. The van der Waals surface area contributed by atoms with E-state index in [1.54, 1.807) is 36.8 Å². The van der Waals surface area contributed by atoms with E-state index in [1.807, 2.05) is 86.9 Å². The summed E-state index contributed by atoms with van der Waals surface area (Å²) in [6.07, 6.45) is 8.69. The van der Waals surface area contributed by atoms with Crippen LogP contribution in [0.1, 0.15) is 38.2 Å². The molecular weight excluding hydrogens is 600 g/mol. The summed E-state index contributed by atoms with van der Waals surface area (Å²) in [7, 11) is 4.07. The topological polar surface area (TPSA) is 108 Å². The minimum Gasteiger partial charge on any atom is -0.354 e. The zero-order chi connectivity index (χ0) is 33.5. The number of nitrogens with one attached hydrogen (secondary N) is 3. The highest BCUT2D eigenvalue weighted by Gasteiger charge is 2.28. The number of carbonyl (C=O) groups is 2. The molecule has 0 radical (unpaired) electrons. The first-order valence-electron chi connectivity index (χ1n) is 15.6. The molecular formula is C39H36N6O3. The van der Waals surface area contributed by atoms with Crippen molar-refractivity contribution in [1.29, 1.82) is 0 Å². The van der Waals surface area contributed by atoms with Crippen LogP contribution in [0.25, 0.3) is 17.3 Å². The Kier molecular flexibility index (Phi) is 9.69. The number of carbonyl (C=O) groups excluding carboxylic acids is 2. The van der Waals surface area contributed by atoms with Gasteiger partial charge in [-0.05, 0) is 72.7 Å². The number of nitrogens with zero attached hydrogens (tertiary/aromatic N) is 3. The number of benzene rings is 3. The second kappa shape index (κ2) is 14.6. The Labute approximate surface area is 279 Å². The molecule has 48 heavy (non-hydrogen) atoms. The molecule has 1 aliphatic heterocycles. The van der Waals surface area contributed by atoms with Gasteiger partial charge in [0.2, 0.25) is 0 Å². The van der Waals surface area contributed by atoms with Crippen molar-refractivity contribution in [3.8, 4) is 0 Å². The van der Waals surface area contributed by atoms with Crippen LogP contribution < -0.4 is 21.5 Å². The van der Waals surface area contributed by atoms with Crippen molar-refractivity contribution < 1.29 is 9.59 Å². The van der Waals surface area contributed by atoms with Crippen molar-refractivity contribution in [2.45, 2.75) is 13.1 Å². The predicted octanol–water partition coefficient (Wildman–Crippen LogP) is 5.73. The average Bonchev–Trinajstić information content (AvgIpc) is 3.42. The number of pyridine rings is 2. The fourth-order valence-electron chi connectivity index (χ4n) is 5.59. The number of hydrogen-bond acceptors (Lipinski definition) is 6. The maximum absolute atomic E-state index is 13.4.